The van der Waals surface area contributed by atoms with Crippen LogP contribution in [-0.2, 0) is 13.1 Å². The van der Waals surface area contributed by atoms with Gasteiger partial charge < -0.3 is 5.11 Å². The van der Waals surface area contributed by atoms with E-state index in [2.05, 4.69) is 57.5 Å². The molecule has 1 N–H and O–H groups in total. The Labute approximate surface area is 170 Å². The number of aromatic nitrogens is 2. The maximum Gasteiger partial charge on any atom is 0.0648 e. The summed E-state index contributed by atoms with van der Waals surface area (Å²) in [6.45, 7) is 7.50. The molecule has 0 saturated carbocycles. The number of piperazine rings is 1. The number of nitrogens with zero attached hydrogens (tertiary/aromatic N) is 4. The molecule has 1 aromatic carbocycles. The Morgan fingerprint density at radius 3 is 2.82 bits per heavy atom. The fourth-order valence-electron chi connectivity index (χ4n) is 4.00. The molecule has 148 valence electrons. The number of aryl methyl sites for hydroxylation is 1. The highest BCUT2D eigenvalue weighted by Crippen LogP contribution is 2.22. The van der Waals surface area contributed by atoms with E-state index in [1.54, 1.807) is 6.20 Å². The number of rotatable bonds is 7. The van der Waals surface area contributed by atoms with Gasteiger partial charge in [-0.3, -0.25) is 9.80 Å². The van der Waals surface area contributed by atoms with Crippen LogP contribution in [0.1, 0.15) is 22.4 Å². The molecule has 1 saturated heterocycles. The molecular formula is C22H28N4OS. The highest BCUT2D eigenvalue weighted by Gasteiger charge is 2.27. The maximum atomic E-state index is 9.55. The van der Waals surface area contributed by atoms with Crippen molar-refractivity contribution in [2.24, 2.45) is 0 Å². The minimum atomic E-state index is 0.247. The van der Waals surface area contributed by atoms with Crippen LogP contribution in [0, 0.1) is 6.92 Å². The zero-order valence-electron chi connectivity index (χ0n) is 16.4. The van der Waals surface area contributed by atoms with Crippen LogP contribution in [0.3, 0.4) is 0 Å². The molecule has 2 aromatic heterocycles. The zero-order valence-corrected chi connectivity index (χ0v) is 17.2. The average molecular weight is 397 g/mol. The average Bonchev–Trinajstić information content (AvgIpc) is 3.40. The molecular weight excluding hydrogens is 368 g/mol. The van der Waals surface area contributed by atoms with Crippen molar-refractivity contribution in [2.75, 3.05) is 26.2 Å². The fraction of sp³-hybridized carbons (Fsp3) is 0.409. The van der Waals surface area contributed by atoms with E-state index in [9.17, 15) is 5.11 Å². The molecule has 4 rings (SSSR count). The van der Waals surface area contributed by atoms with Crippen molar-refractivity contribution < 1.29 is 5.11 Å². The van der Waals surface area contributed by atoms with Gasteiger partial charge in [-0.15, -0.1) is 11.3 Å². The van der Waals surface area contributed by atoms with Crippen LogP contribution in [0.4, 0.5) is 0 Å². The lowest BCUT2D eigenvalue weighted by atomic mass is 10.0. The highest BCUT2D eigenvalue weighted by atomic mass is 32.1. The second kappa shape index (κ2) is 9.01. The van der Waals surface area contributed by atoms with Crippen LogP contribution in [0.15, 0.2) is 54.2 Å². The third-order valence-corrected chi connectivity index (χ3v) is 6.44. The summed E-state index contributed by atoms with van der Waals surface area (Å²) >= 11 is 1.82. The maximum absolute atomic E-state index is 9.55. The first-order chi connectivity index (χ1) is 13.7. The lowest BCUT2D eigenvalue weighted by Crippen LogP contribution is -2.52. The normalized spacial score (nSPS) is 18.6. The molecule has 6 heteroatoms. The molecule has 0 bridgehead atoms. The monoisotopic (exact) mass is 396 g/mol. The van der Waals surface area contributed by atoms with Gasteiger partial charge in [0.05, 0.1) is 5.69 Å². The van der Waals surface area contributed by atoms with Crippen molar-refractivity contribution in [3.05, 3.63) is 70.2 Å². The summed E-state index contributed by atoms with van der Waals surface area (Å²) in [6.07, 6.45) is 4.61. The van der Waals surface area contributed by atoms with Crippen LogP contribution in [0.5, 0.6) is 0 Å². The molecule has 0 unspecified atom stereocenters. The zero-order chi connectivity index (χ0) is 19.3. The van der Waals surface area contributed by atoms with Gasteiger partial charge >= 0.3 is 0 Å². The smallest absolute Gasteiger partial charge is 0.0648 e. The van der Waals surface area contributed by atoms with Crippen molar-refractivity contribution in [3.63, 3.8) is 0 Å². The van der Waals surface area contributed by atoms with E-state index in [4.69, 9.17) is 0 Å². The number of aliphatic hydroxyl groups is 1. The van der Waals surface area contributed by atoms with Gasteiger partial charge in [0, 0.05) is 62.6 Å². The van der Waals surface area contributed by atoms with E-state index in [0.717, 1.165) is 44.8 Å². The summed E-state index contributed by atoms with van der Waals surface area (Å²) in [5.74, 6) is 0. The largest absolute Gasteiger partial charge is 0.396 e. The quantitative estimate of drug-likeness (QED) is 0.665. The summed E-state index contributed by atoms with van der Waals surface area (Å²) in [5.41, 5.74) is 3.77. The Balaban J connectivity index is 1.41. The minimum absolute atomic E-state index is 0.247. The lowest BCUT2D eigenvalue weighted by molar-refractivity contribution is 0.0506. The predicted molar refractivity (Wildman–Crippen MR) is 114 cm³/mol. The molecule has 1 fully saturated rings. The SMILES string of the molecule is Cc1cc(-n2cccn2)ccc1CN1CCN(Cc2cccs2)[C@H](CCO)C1. The van der Waals surface area contributed by atoms with Crippen molar-refractivity contribution in [2.45, 2.75) is 32.5 Å². The van der Waals surface area contributed by atoms with Gasteiger partial charge in [0.25, 0.3) is 0 Å². The van der Waals surface area contributed by atoms with Crippen LogP contribution in [0.25, 0.3) is 5.69 Å². The second-order valence-corrected chi connectivity index (χ2v) is 8.54. The number of hydrogen-bond acceptors (Lipinski definition) is 5. The van der Waals surface area contributed by atoms with Crippen LogP contribution in [0.2, 0.25) is 0 Å². The van der Waals surface area contributed by atoms with Crippen molar-refractivity contribution in [1.82, 2.24) is 19.6 Å². The first kappa shape index (κ1) is 19.3. The molecule has 0 aliphatic carbocycles. The van der Waals surface area contributed by atoms with Gasteiger partial charge in [0.15, 0.2) is 0 Å². The van der Waals surface area contributed by atoms with Crippen molar-refractivity contribution in [3.8, 4) is 5.69 Å². The number of aliphatic hydroxyl groups excluding tert-OH is 1. The summed E-state index contributed by atoms with van der Waals surface area (Å²) in [5, 5.41) is 16.0. The number of thiophene rings is 1. The van der Waals surface area contributed by atoms with Crippen molar-refractivity contribution >= 4 is 11.3 Å². The molecule has 3 aromatic rings. The summed E-state index contributed by atoms with van der Waals surface area (Å²) in [6, 6.07) is 13.3. The molecule has 1 atom stereocenters. The first-order valence-corrected chi connectivity index (χ1v) is 10.8. The molecule has 0 spiro atoms. The highest BCUT2D eigenvalue weighted by molar-refractivity contribution is 7.09. The van der Waals surface area contributed by atoms with Crippen LogP contribution < -0.4 is 0 Å². The van der Waals surface area contributed by atoms with E-state index in [0.29, 0.717) is 6.04 Å². The topological polar surface area (TPSA) is 44.5 Å². The number of benzene rings is 1. The van der Waals surface area contributed by atoms with Gasteiger partial charge in [-0.2, -0.15) is 5.10 Å². The van der Waals surface area contributed by atoms with Gasteiger partial charge in [-0.25, -0.2) is 4.68 Å². The van der Waals surface area contributed by atoms with E-state index < -0.39 is 0 Å². The number of hydrogen-bond donors (Lipinski definition) is 1. The van der Waals surface area contributed by atoms with Gasteiger partial charge in [0.1, 0.15) is 0 Å². The lowest BCUT2D eigenvalue weighted by Gasteiger charge is -2.41. The molecule has 0 amide bonds. The Morgan fingerprint density at radius 2 is 2.11 bits per heavy atom. The van der Waals surface area contributed by atoms with Gasteiger partial charge in [0.2, 0.25) is 0 Å². The van der Waals surface area contributed by atoms with E-state index in [1.165, 1.54) is 16.0 Å². The second-order valence-electron chi connectivity index (χ2n) is 7.51. The Morgan fingerprint density at radius 1 is 1.18 bits per heavy atom. The van der Waals surface area contributed by atoms with Gasteiger partial charge in [-0.1, -0.05) is 12.1 Å². The Bertz CT molecular complexity index is 863. The Kier molecular flexibility index (Phi) is 6.22. The van der Waals surface area contributed by atoms with Crippen LogP contribution >= 0.6 is 11.3 Å². The molecule has 0 radical (unpaired) electrons. The third kappa shape index (κ3) is 4.52. The molecule has 1 aliphatic rings. The van der Waals surface area contributed by atoms with E-state index >= 15 is 0 Å². The molecule has 3 heterocycles. The molecule has 1 aliphatic heterocycles. The van der Waals surface area contributed by atoms with E-state index in [-0.39, 0.29) is 6.61 Å². The first-order valence-electron chi connectivity index (χ1n) is 9.92. The van der Waals surface area contributed by atoms with E-state index in [1.807, 2.05) is 28.3 Å². The summed E-state index contributed by atoms with van der Waals surface area (Å²) in [4.78, 5) is 6.47. The fourth-order valence-corrected chi connectivity index (χ4v) is 4.73. The Hall–Kier alpha value is -1.99. The van der Waals surface area contributed by atoms with Crippen molar-refractivity contribution in [1.29, 1.82) is 0 Å². The summed E-state index contributed by atoms with van der Waals surface area (Å²) < 4.78 is 1.90. The minimum Gasteiger partial charge on any atom is -0.396 e. The summed E-state index contributed by atoms with van der Waals surface area (Å²) in [7, 11) is 0. The molecule has 28 heavy (non-hydrogen) atoms. The predicted octanol–water partition coefficient (Wildman–Crippen LogP) is 3.31. The third-order valence-electron chi connectivity index (χ3n) is 5.58. The van der Waals surface area contributed by atoms with Crippen LogP contribution in [-0.4, -0.2) is 57.0 Å². The van der Waals surface area contributed by atoms with Gasteiger partial charge in [-0.05, 0) is 54.1 Å². The standard InChI is InChI=1S/C22H28N4OS/c1-18-14-20(26-9-3-8-23-26)6-5-19(18)15-24-10-11-25(21(16-24)7-12-27)17-22-4-2-13-28-22/h2-6,8-9,13-14,21,27H,7,10-12,15-17H2,1H3/t21-/m1/s1. The molecule has 5 nitrogen and oxygen atoms in total.